The largest absolute Gasteiger partial charge is 0.389 e. The van der Waals surface area contributed by atoms with Gasteiger partial charge in [-0.2, -0.15) is 0 Å². The van der Waals surface area contributed by atoms with E-state index in [1.54, 1.807) is 0 Å². The highest BCUT2D eigenvalue weighted by atomic mass is 16.3. The first-order valence-corrected chi connectivity index (χ1v) is 4.45. The van der Waals surface area contributed by atoms with E-state index in [9.17, 15) is 4.79 Å². The highest BCUT2D eigenvalue weighted by molar-refractivity contribution is 5.79. The van der Waals surface area contributed by atoms with Crippen LogP contribution in [0.3, 0.4) is 0 Å². The van der Waals surface area contributed by atoms with Gasteiger partial charge < -0.3 is 5.11 Å². The van der Waals surface area contributed by atoms with Crippen molar-refractivity contribution in [2.75, 3.05) is 6.61 Å². The van der Waals surface area contributed by atoms with E-state index in [0.29, 0.717) is 12.3 Å². The van der Waals surface area contributed by atoms with Crippen molar-refractivity contribution in [1.82, 2.24) is 0 Å². The van der Waals surface area contributed by atoms with Crippen LogP contribution in [0.2, 0.25) is 0 Å². The Kier molecular flexibility index (Phi) is 3.57. The van der Waals surface area contributed by atoms with Crippen molar-refractivity contribution in [3.63, 3.8) is 0 Å². The summed E-state index contributed by atoms with van der Waals surface area (Å²) in [5.74, 6) is 0.584. The SMILES string of the molecule is O=C(CO)CC1CCCCC1. The van der Waals surface area contributed by atoms with Crippen LogP contribution < -0.4 is 0 Å². The molecule has 1 aliphatic carbocycles. The Bertz CT molecular complexity index is 126. The number of carbonyl (C=O) groups is 1. The molecule has 0 aromatic rings. The average Bonchev–Trinajstić information content (AvgIpc) is 2.06. The minimum atomic E-state index is -0.267. The molecule has 1 fully saturated rings. The second-order valence-corrected chi connectivity index (χ2v) is 3.40. The van der Waals surface area contributed by atoms with E-state index in [4.69, 9.17) is 5.11 Å². The molecule has 1 aliphatic rings. The standard InChI is InChI=1S/C9H16O2/c10-7-9(11)6-8-4-2-1-3-5-8/h8,10H,1-7H2. The monoisotopic (exact) mass is 156 g/mol. The number of carbonyl (C=O) groups excluding carboxylic acids is 1. The molecule has 0 aromatic heterocycles. The summed E-state index contributed by atoms with van der Waals surface area (Å²) in [6, 6.07) is 0. The molecule has 0 amide bonds. The summed E-state index contributed by atoms with van der Waals surface area (Å²) in [7, 11) is 0. The first kappa shape index (κ1) is 8.72. The highest BCUT2D eigenvalue weighted by Gasteiger charge is 2.15. The Morgan fingerprint density at radius 1 is 1.27 bits per heavy atom. The number of hydrogen-bond donors (Lipinski definition) is 1. The van der Waals surface area contributed by atoms with Gasteiger partial charge in [-0.3, -0.25) is 4.79 Å². The smallest absolute Gasteiger partial charge is 0.158 e. The second kappa shape index (κ2) is 4.50. The molecule has 0 heterocycles. The maximum Gasteiger partial charge on any atom is 0.158 e. The Labute approximate surface area is 67.6 Å². The third-order valence-corrected chi connectivity index (χ3v) is 2.42. The molecule has 2 nitrogen and oxygen atoms in total. The Morgan fingerprint density at radius 3 is 2.45 bits per heavy atom. The van der Waals surface area contributed by atoms with Crippen LogP contribution in [0.25, 0.3) is 0 Å². The summed E-state index contributed by atoms with van der Waals surface area (Å²) in [4.78, 5) is 10.8. The number of aliphatic hydroxyl groups is 1. The van der Waals surface area contributed by atoms with Crippen LogP contribution in [0.5, 0.6) is 0 Å². The maximum absolute atomic E-state index is 10.8. The van der Waals surface area contributed by atoms with Gasteiger partial charge in [0, 0.05) is 6.42 Å². The van der Waals surface area contributed by atoms with E-state index in [1.165, 1.54) is 32.1 Å². The summed E-state index contributed by atoms with van der Waals surface area (Å²) in [5, 5.41) is 8.52. The van der Waals surface area contributed by atoms with E-state index in [0.717, 1.165) is 0 Å². The van der Waals surface area contributed by atoms with E-state index >= 15 is 0 Å². The van der Waals surface area contributed by atoms with Gasteiger partial charge in [0.05, 0.1) is 0 Å². The molecule has 1 saturated carbocycles. The maximum atomic E-state index is 10.8. The second-order valence-electron chi connectivity index (χ2n) is 3.40. The van der Waals surface area contributed by atoms with Crippen molar-refractivity contribution in [1.29, 1.82) is 0 Å². The first-order valence-electron chi connectivity index (χ1n) is 4.45. The molecule has 0 unspecified atom stereocenters. The molecule has 0 spiro atoms. The van der Waals surface area contributed by atoms with Crippen molar-refractivity contribution in [3.05, 3.63) is 0 Å². The lowest BCUT2D eigenvalue weighted by molar-refractivity contribution is -0.122. The van der Waals surface area contributed by atoms with Crippen molar-refractivity contribution >= 4 is 5.78 Å². The summed E-state index contributed by atoms with van der Waals surface area (Å²) >= 11 is 0. The van der Waals surface area contributed by atoms with Gasteiger partial charge in [-0.15, -0.1) is 0 Å². The molecule has 0 atom stereocenters. The van der Waals surface area contributed by atoms with E-state index < -0.39 is 0 Å². The Morgan fingerprint density at radius 2 is 1.91 bits per heavy atom. The van der Waals surface area contributed by atoms with Crippen LogP contribution in [-0.4, -0.2) is 17.5 Å². The quantitative estimate of drug-likeness (QED) is 0.672. The molecular weight excluding hydrogens is 140 g/mol. The average molecular weight is 156 g/mol. The first-order chi connectivity index (χ1) is 5.33. The van der Waals surface area contributed by atoms with Crippen LogP contribution >= 0.6 is 0 Å². The minimum absolute atomic E-state index is 0.0110. The highest BCUT2D eigenvalue weighted by Crippen LogP contribution is 2.26. The van der Waals surface area contributed by atoms with Crippen molar-refractivity contribution in [2.45, 2.75) is 38.5 Å². The molecule has 0 radical (unpaired) electrons. The van der Waals surface area contributed by atoms with E-state index in [2.05, 4.69) is 0 Å². The fourth-order valence-electron chi connectivity index (χ4n) is 1.78. The third-order valence-electron chi connectivity index (χ3n) is 2.42. The number of aliphatic hydroxyl groups excluding tert-OH is 1. The summed E-state index contributed by atoms with van der Waals surface area (Å²) in [5.41, 5.74) is 0. The molecule has 1 rings (SSSR count). The lowest BCUT2D eigenvalue weighted by atomic mass is 9.86. The lowest BCUT2D eigenvalue weighted by Crippen LogP contribution is -2.14. The molecular formula is C9H16O2. The van der Waals surface area contributed by atoms with Crippen molar-refractivity contribution in [3.8, 4) is 0 Å². The zero-order chi connectivity index (χ0) is 8.10. The number of hydrogen-bond acceptors (Lipinski definition) is 2. The predicted octanol–water partition coefficient (Wildman–Crippen LogP) is 1.52. The molecule has 64 valence electrons. The zero-order valence-electron chi connectivity index (χ0n) is 6.88. The van der Waals surface area contributed by atoms with E-state index in [-0.39, 0.29) is 12.4 Å². The third kappa shape index (κ3) is 3.02. The van der Waals surface area contributed by atoms with Crippen molar-refractivity contribution in [2.24, 2.45) is 5.92 Å². The zero-order valence-corrected chi connectivity index (χ0v) is 6.88. The van der Waals surface area contributed by atoms with E-state index in [1.807, 2.05) is 0 Å². The van der Waals surface area contributed by atoms with Gasteiger partial charge in [0.1, 0.15) is 6.61 Å². The van der Waals surface area contributed by atoms with Gasteiger partial charge in [0.15, 0.2) is 5.78 Å². The molecule has 0 aromatic carbocycles. The van der Waals surface area contributed by atoms with Crippen LogP contribution in [0, 0.1) is 5.92 Å². The minimum Gasteiger partial charge on any atom is -0.389 e. The molecule has 0 bridgehead atoms. The van der Waals surface area contributed by atoms with Gasteiger partial charge in [-0.25, -0.2) is 0 Å². The van der Waals surface area contributed by atoms with Crippen molar-refractivity contribution < 1.29 is 9.90 Å². The van der Waals surface area contributed by atoms with Crippen LogP contribution in [0.1, 0.15) is 38.5 Å². The summed E-state index contributed by atoms with van der Waals surface area (Å²) < 4.78 is 0. The van der Waals surface area contributed by atoms with Gasteiger partial charge >= 0.3 is 0 Å². The normalized spacial score (nSPS) is 20.1. The summed E-state index contributed by atoms with van der Waals surface area (Å²) in [6.07, 6.45) is 6.84. The predicted molar refractivity (Wildman–Crippen MR) is 43.3 cm³/mol. The topological polar surface area (TPSA) is 37.3 Å². The fourth-order valence-corrected chi connectivity index (χ4v) is 1.78. The van der Waals surface area contributed by atoms with Gasteiger partial charge in [-0.1, -0.05) is 32.1 Å². The summed E-state index contributed by atoms with van der Waals surface area (Å²) in [6.45, 7) is -0.267. The number of rotatable bonds is 3. The number of ketones is 1. The van der Waals surface area contributed by atoms with Crippen LogP contribution in [0.4, 0.5) is 0 Å². The molecule has 11 heavy (non-hydrogen) atoms. The molecule has 1 N–H and O–H groups in total. The molecule has 0 aliphatic heterocycles. The number of Topliss-reactive ketones (excluding diaryl/α,β-unsaturated/α-hetero) is 1. The lowest BCUT2D eigenvalue weighted by Gasteiger charge is -2.19. The van der Waals surface area contributed by atoms with Gasteiger partial charge in [0.2, 0.25) is 0 Å². The van der Waals surface area contributed by atoms with Crippen LogP contribution in [0.15, 0.2) is 0 Å². The Balaban J connectivity index is 2.19. The van der Waals surface area contributed by atoms with Crippen LogP contribution in [-0.2, 0) is 4.79 Å². The van der Waals surface area contributed by atoms with Gasteiger partial charge in [0.25, 0.3) is 0 Å². The fraction of sp³-hybridized carbons (Fsp3) is 0.889. The van der Waals surface area contributed by atoms with Gasteiger partial charge in [-0.05, 0) is 5.92 Å². The molecule has 2 heteroatoms. The molecule has 0 saturated heterocycles. The Hall–Kier alpha value is -0.370.